The molecule has 0 atom stereocenters. The summed E-state index contributed by atoms with van der Waals surface area (Å²) in [6.45, 7) is 0. The van der Waals surface area contributed by atoms with Crippen LogP contribution < -0.4 is 4.74 Å². The second kappa shape index (κ2) is 4.78. The van der Waals surface area contributed by atoms with Gasteiger partial charge in [-0.15, -0.1) is 0 Å². The van der Waals surface area contributed by atoms with Crippen molar-refractivity contribution in [3.63, 3.8) is 0 Å². The van der Waals surface area contributed by atoms with Gasteiger partial charge in [0.1, 0.15) is 5.75 Å². The van der Waals surface area contributed by atoms with E-state index in [9.17, 15) is 4.79 Å². The first-order chi connectivity index (χ1) is 7.26. The largest absolute Gasteiger partial charge is 0.496 e. The molecular formula is C11H8N2O2. The number of carbonyl (C=O) groups is 1. The molecule has 74 valence electrons. The number of hydrogen-bond acceptors (Lipinski definition) is 4. The van der Waals surface area contributed by atoms with Crippen molar-refractivity contribution in [2.24, 2.45) is 0 Å². The van der Waals surface area contributed by atoms with E-state index >= 15 is 0 Å². The van der Waals surface area contributed by atoms with Crippen molar-refractivity contribution < 1.29 is 9.53 Å². The molecular weight excluding hydrogens is 192 g/mol. The van der Waals surface area contributed by atoms with Crippen molar-refractivity contribution in [3.05, 3.63) is 28.8 Å². The van der Waals surface area contributed by atoms with Gasteiger partial charge in [0.15, 0.2) is 6.29 Å². The highest BCUT2D eigenvalue weighted by atomic mass is 16.5. The Bertz CT molecular complexity index is 467. The van der Waals surface area contributed by atoms with Crippen LogP contribution in [0.4, 0.5) is 0 Å². The number of carbonyl (C=O) groups excluding carboxylic acids is 1. The maximum absolute atomic E-state index is 10.7. The predicted octanol–water partition coefficient (Wildman–Crippen LogP) is 1.45. The number of ether oxygens (including phenoxy) is 1. The number of methoxy groups -OCH3 is 1. The van der Waals surface area contributed by atoms with Gasteiger partial charge in [-0.1, -0.05) is 0 Å². The number of benzene rings is 1. The van der Waals surface area contributed by atoms with Gasteiger partial charge in [0.05, 0.1) is 36.8 Å². The summed E-state index contributed by atoms with van der Waals surface area (Å²) in [5.41, 5.74) is 1.20. The Morgan fingerprint density at radius 3 is 2.67 bits per heavy atom. The molecule has 0 aliphatic rings. The van der Waals surface area contributed by atoms with E-state index in [1.54, 1.807) is 6.07 Å². The Morgan fingerprint density at radius 2 is 2.20 bits per heavy atom. The lowest BCUT2D eigenvalue weighted by molar-refractivity contribution is 0.112. The van der Waals surface area contributed by atoms with Gasteiger partial charge in [0, 0.05) is 5.56 Å². The summed E-state index contributed by atoms with van der Waals surface area (Å²) in [6, 6.07) is 6.87. The molecule has 0 aliphatic carbocycles. The third kappa shape index (κ3) is 2.12. The molecule has 15 heavy (non-hydrogen) atoms. The lowest BCUT2D eigenvalue weighted by Gasteiger charge is -2.08. The fraction of sp³-hybridized carbons (Fsp3) is 0.182. The van der Waals surface area contributed by atoms with Gasteiger partial charge in [-0.25, -0.2) is 0 Å². The van der Waals surface area contributed by atoms with Gasteiger partial charge < -0.3 is 4.74 Å². The fourth-order valence-electron chi connectivity index (χ4n) is 1.33. The molecule has 0 fully saturated rings. The van der Waals surface area contributed by atoms with Crippen LogP contribution in [0.1, 0.15) is 21.5 Å². The first-order valence-corrected chi connectivity index (χ1v) is 4.20. The number of hydrogen-bond donors (Lipinski definition) is 0. The minimum Gasteiger partial charge on any atom is -0.496 e. The van der Waals surface area contributed by atoms with Crippen LogP contribution in [0, 0.1) is 22.7 Å². The molecule has 0 aromatic heterocycles. The van der Waals surface area contributed by atoms with E-state index in [1.807, 2.05) is 12.1 Å². The van der Waals surface area contributed by atoms with Gasteiger partial charge in [0.25, 0.3) is 0 Å². The summed E-state index contributed by atoms with van der Waals surface area (Å²) in [5, 5.41) is 17.3. The first kappa shape index (κ1) is 10.7. The number of rotatable bonds is 3. The van der Waals surface area contributed by atoms with Crippen molar-refractivity contribution in [1.29, 1.82) is 10.5 Å². The van der Waals surface area contributed by atoms with E-state index in [0.29, 0.717) is 28.7 Å². The van der Waals surface area contributed by atoms with Crippen LogP contribution in [0.25, 0.3) is 0 Å². The van der Waals surface area contributed by atoms with E-state index in [0.717, 1.165) is 0 Å². The van der Waals surface area contributed by atoms with E-state index in [2.05, 4.69) is 0 Å². The van der Waals surface area contributed by atoms with Crippen LogP contribution in [0.5, 0.6) is 5.75 Å². The van der Waals surface area contributed by atoms with E-state index in [-0.39, 0.29) is 6.42 Å². The quantitative estimate of drug-likeness (QED) is 0.692. The van der Waals surface area contributed by atoms with Crippen LogP contribution in [0.2, 0.25) is 0 Å². The smallest absolute Gasteiger partial charge is 0.153 e. The Morgan fingerprint density at radius 1 is 1.47 bits per heavy atom. The number of aldehydes is 1. The fourth-order valence-corrected chi connectivity index (χ4v) is 1.33. The third-order valence-corrected chi connectivity index (χ3v) is 1.92. The van der Waals surface area contributed by atoms with Crippen molar-refractivity contribution >= 4 is 6.29 Å². The molecule has 0 unspecified atom stereocenters. The van der Waals surface area contributed by atoms with Gasteiger partial charge >= 0.3 is 0 Å². The van der Waals surface area contributed by atoms with Crippen LogP contribution in [0.15, 0.2) is 12.1 Å². The average Bonchev–Trinajstić information content (AvgIpc) is 2.28. The molecule has 0 aliphatic heterocycles. The summed E-state index contributed by atoms with van der Waals surface area (Å²) >= 11 is 0. The van der Waals surface area contributed by atoms with Gasteiger partial charge in [-0.2, -0.15) is 10.5 Å². The molecule has 0 saturated carbocycles. The topological polar surface area (TPSA) is 73.9 Å². The van der Waals surface area contributed by atoms with Crippen molar-refractivity contribution in [2.45, 2.75) is 6.42 Å². The second-order valence-electron chi connectivity index (χ2n) is 2.82. The van der Waals surface area contributed by atoms with Crippen LogP contribution >= 0.6 is 0 Å². The molecule has 0 bridgehead atoms. The SMILES string of the molecule is COc1c(C=O)cc(C#N)cc1CC#N. The van der Waals surface area contributed by atoms with E-state index in [1.165, 1.54) is 13.2 Å². The summed E-state index contributed by atoms with van der Waals surface area (Å²) in [7, 11) is 1.43. The second-order valence-corrected chi connectivity index (χ2v) is 2.82. The summed E-state index contributed by atoms with van der Waals surface area (Å²) in [6.07, 6.45) is 0.722. The zero-order valence-electron chi connectivity index (χ0n) is 8.15. The maximum Gasteiger partial charge on any atom is 0.153 e. The lowest BCUT2D eigenvalue weighted by atomic mass is 10.0. The molecule has 1 aromatic carbocycles. The molecule has 4 nitrogen and oxygen atoms in total. The van der Waals surface area contributed by atoms with Crippen LogP contribution in [-0.2, 0) is 6.42 Å². The van der Waals surface area contributed by atoms with Gasteiger partial charge in [0.2, 0.25) is 0 Å². The highest BCUT2D eigenvalue weighted by Crippen LogP contribution is 2.24. The molecule has 1 aromatic rings. The molecule has 0 spiro atoms. The molecule has 4 heteroatoms. The van der Waals surface area contributed by atoms with Gasteiger partial charge in [-0.05, 0) is 12.1 Å². The zero-order valence-corrected chi connectivity index (χ0v) is 8.15. The highest BCUT2D eigenvalue weighted by molar-refractivity contribution is 5.81. The molecule has 0 heterocycles. The standard InChI is InChI=1S/C11H8N2O2/c1-15-11-9(2-3-12)4-8(6-13)5-10(11)7-14/h4-5,7H,2H2,1H3. The van der Waals surface area contributed by atoms with Crippen molar-refractivity contribution in [1.82, 2.24) is 0 Å². The number of nitrogens with zero attached hydrogens (tertiary/aromatic N) is 2. The monoisotopic (exact) mass is 200 g/mol. The third-order valence-electron chi connectivity index (χ3n) is 1.92. The normalized spacial score (nSPS) is 8.73. The highest BCUT2D eigenvalue weighted by Gasteiger charge is 2.10. The molecule has 0 N–H and O–H groups in total. The first-order valence-electron chi connectivity index (χ1n) is 4.20. The van der Waals surface area contributed by atoms with Crippen LogP contribution in [0.3, 0.4) is 0 Å². The lowest BCUT2D eigenvalue weighted by Crippen LogP contribution is -1.97. The molecule has 0 amide bonds. The van der Waals surface area contributed by atoms with Crippen LogP contribution in [-0.4, -0.2) is 13.4 Å². The molecule has 0 saturated heterocycles. The molecule has 0 radical (unpaired) electrons. The Balaban J connectivity index is 3.41. The average molecular weight is 200 g/mol. The van der Waals surface area contributed by atoms with E-state index in [4.69, 9.17) is 15.3 Å². The number of nitriles is 2. The molecule has 1 rings (SSSR count). The van der Waals surface area contributed by atoms with E-state index < -0.39 is 0 Å². The van der Waals surface area contributed by atoms with Gasteiger partial charge in [-0.3, -0.25) is 4.79 Å². The zero-order chi connectivity index (χ0) is 11.3. The Kier molecular flexibility index (Phi) is 3.43. The minimum absolute atomic E-state index is 0.111. The van der Waals surface area contributed by atoms with Crippen molar-refractivity contribution in [2.75, 3.05) is 7.11 Å². The van der Waals surface area contributed by atoms with Crippen molar-refractivity contribution in [3.8, 4) is 17.9 Å². The maximum atomic E-state index is 10.7. The Labute approximate surface area is 87.3 Å². The predicted molar refractivity (Wildman–Crippen MR) is 52.4 cm³/mol. The Hall–Kier alpha value is -2.33. The minimum atomic E-state index is 0.111. The summed E-state index contributed by atoms with van der Waals surface area (Å²) in [4.78, 5) is 10.7. The summed E-state index contributed by atoms with van der Waals surface area (Å²) in [5.74, 6) is 0.366. The summed E-state index contributed by atoms with van der Waals surface area (Å²) < 4.78 is 5.03.